The van der Waals surface area contributed by atoms with Crippen LogP contribution in [-0.4, -0.2) is 52.0 Å². The van der Waals surface area contributed by atoms with Crippen molar-refractivity contribution in [2.75, 3.05) is 26.2 Å². The molecular formula is C14H26N6O. The monoisotopic (exact) mass is 294 g/mol. The van der Waals surface area contributed by atoms with Crippen LogP contribution in [-0.2, 0) is 17.9 Å². The molecule has 21 heavy (non-hydrogen) atoms. The lowest BCUT2D eigenvalue weighted by Crippen LogP contribution is -2.36. The van der Waals surface area contributed by atoms with Crippen molar-refractivity contribution in [1.82, 2.24) is 25.2 Å². The van der Waals surface area contributed by atoms with E-state index in [1.807, 2.05) is 0 Å². The molecule has 0 aromatic carbocycles. The van der Waals surface area contributed by atoms with Gasteiger partial charge in [-0.2, -0.15) is 0 Å². The van der Waals surface area contributed by atoms with Crippen LogP contribution in [0.4, 0.5) is 0 Å². The average molecular weight is 294 g/mol. The van der Waals surface area contributed by atoms with Crippen molar-refractivity contribution in [3.05, 3.63) is 11.9 Å². The van der Waals surface area contributed by atoms with Gasteiger partial charge in [0.05, 0.1) is 11.9 Å². The minimum absolute atomic E-state index is 0.0317. The van der Waals surface area contributed by atoms with Gasteiger partial charge in [0.1, 0.15) is 6.54 Å². The van der Waals surface area contributed by atoms with Crippen molar-refractivity contribution >= 4 is 5.91 Å². The SMILES string of the molecule is CC1CCN(CCCNC(=O)Cn2cc(CN)nn2)CC1. The first-order chi connectivity index (χ1) is 10.2. The number of aromatic nitrogens is 3. The van der Waals surface area contributed by atoms with Gasteiger partial charge in [-0.25, -0.2) is 4.68 Å². The van der Waals surface area contributed by atoms with Crippen LogP contribution in [0, 0.1) is 5.92 Å². The molecule has 0 unspecified atom stereocenters. The highest BCUT2D eigenvalue weighted by Gasteiger charge is 2.14. The van der Waals surface area contributed by atoms with E-state index in [0.29, 0.717) is 18.8 Å². The van der Waals surface area contributed by atoms with E-state index in [2.05, 4.69) is 27.5 Å². The van der Waals surface area contributed by atoms with Crippen LogP contribution in [0.1, 0.15) is 31.9 Å². The summed E-state index contributed by atoms with van der Waals surface area (Å²) in [6, 6.07) is 0. The fourth-order valence-electron chi connectivity index (χ4n) is 2.53. The Morgan fingerprint density at radius 2 is 2.24 bits per heavy atom. The number of hydrogen-bond acceptors (Lipinski definition) is 5. The van der Waals surface area contributed by atoms with E-state index in [-0.39, 0.29) is 12.5 Å². The summed E-state index contributed by atoms with van der Waals surface area (Å²) in [5, 5.41) is 10.6. The molecular weight excluding hydrogens is 268 g/mol. The van der Waals surface area contributed by atoms with Crippen LogP contribution >= 0.6 is 0 Å². The van der Waals surface area contributed by atoms with Crippen LogP contribution in [0.3, 0.4) is 0 Å². The first-order valence-corrected chi connectivity index (χ1v) is 7.75. The second-order valence-electron chi connectivity index (χ2n) is 5.84. The summed E-state index contributed by atoms with van der Waals surface area (Å²) in [5.74, 6) is 0.831. The molecule has 1 aromatic heterocycles. The fourth-order valence-corrected chi connectivity index (χ4v) is 2.53. The average Bonchev–Trinajstić information content (AvgIpc) is 2.93. The number of piperidine rings is 1. The third-order valence-electron chi connectivity index (χ3n) is 3.95. The molecule has 2 heterocycles. The Balaban J connectivity index is 1.57. The molecule has 7 heteroatoms. The predicted molar refractivity (Wildman–Crippen MR) is 80.4 cm³/mol. The molecule has 7 nitrogen and oxygen atoms in total. The molecule has 0 atom stereocenters. The molecule has 0 aliphatic carbocycles. The minimum atomic E-state index is -0.0317. The number of carbonyl (C=O) groups excluding carboxylic acids is 1. The number of rotatable bonds is 7. The molecule has 1 aliphatic heterocycles. The third kappa shape index (κ3) is 5.43. The van der Waals surface area contributed by atoms with Crippen LogP contribution < -0.4 is 11.1 Å². The van der Waals surface area contributed by atoms with Gasteiger partial charge in [-0.15, -0.1) is 5.10 Å². The van der Waals surface area contributed by atoms with Crippen LogP contribution in [0.5, 0.6) is 0 Å². The maximum atomic E-state index is 11.8. The highest BCUT2D eigenvalue weighted by atomic mass is 16.2. The topological polar surface area (TPSA) is 89.1 Å². The predicted octanol–water partition coefficient (Wildman–Crippen LogP) is -0.0250. The van der Waals surface area contributed by atoms with Crippen molar-refractivity contribution < 1.29 is 4.79 Å². The molecule has 1 saturated heterocycles. The molecule has 1 fully saturated rings. The first kappa shape index (κ1) is 15.9. The van der Waals surface area contributed by atoms with E-state index in [0.717, 1.165) is 18.9 Å². The number of likely N-dealkylation sites (tertiary alicyclic amines) is 1. The van der Waals surface area contributed by atoms with Gasteiger partial charge >= 0.3 is 0 Å². The summed E-state index contributed by atoms with van der Waals surface area (Å²) in [7, 11) is 0. The van der Waals surface area contributed by atoms with Crippen molar-refractivity contribution in [2.24, 2.45) is 11.7 Å². The van der Waals surface area contributed by atoms with E-state index in [1.165, 1.54) is 30.6 Å². The number of nitrogens with two attached hydrogens (primary N) is 1. The zero-order valence-electron chi connectivity index (χ0n) is 12.8. The Labute approximate surface area is 125 Å². The standard InChI is InChI=1S/C14H26N6O/c1-12-3-7-19(8-4-12)6-2-5-16-14(21)11-20-10-13(9-15)17-18-20/h10,12H,2-9,11,15H2,1H3,(H,16,21). The summed E-state index contributed by atoms with van der Waals surface area (Å²) in [4.78, 5) is 14.2. The summed E-state index contributed by atoms with van der Waals surface area (Å²) < 4.78 is 1.52. The van der Waals surface area contributed by atoms with Gasteiger partial charge in [0.25, 0.3) is 0 Å². The van der Waals surface area contributed by atoms with Gasteiger partial charge in [0.15, 0.2) is 0 Å². The summed E-state index contributed by atoms with van der Waals surface area (Å²) >= 11 is 0. The molecule has 118 valence electrons. The second-order valence-corrected chi connectivity index (χ2v) is 5.84. The van der Waals surface area contributed by atoms with Gasteiger partial charge < -0.3 is 16.0 Å². The quantitative estimate of drug-likeness (QED) is 0.690. The van der Waals surface area contributed by atoms with Crippen molar-refractivity contribution in [3.8, 4) is 0 Å². The zero-order valence-corrected chi connectivity index (χ0v) is 12.8. The van der Waals surface area contributed by atoms with Gasteiger partial charge in [0, 0.05) is 13.1 Å². The number of nitrogens with one attached hydrogen (secondary N) is 1. The molecule has 0 spiro atoms. The molecule has 2 rings (SSSR count). The number of nitrogens with zero attached hydrogens (tertiary/aromatic N) is 4. The molecule has 0 bridgehead atoms. The van der Waals surface area contributed by atoms with Gasteiger partial charge in [-0.1, -0.05) is 12.1 Å². The molecule has 1 aliphatic rings. The lowest BCUT2D eigenvalue weighted by atomic mass is 9.99. The summed E-state index contributed by atoms with van der Waals surface area (Å²) in [6.07, 6.45) is 5.28. The van der Waals surface area contributed by atoms with Gasteiger partial charge in [-0.05, 0) is 44.8 Å². The lowest BCUT2D eigenvalue weighted by Gasteiger charge is -2.30. The van der Waals surface area contributed by atoms with E-state index in [4.69, 9.17) is 5.73 Å². The van der Waals surface area contributed by atoms with Crippen LogP contribution in [0.2, 0.25) is 0 Å². The van der Waals surface area contributed by atoms with Crippen molar-refractivity contribution in [1.29, 1.82) is 0 Å². The summed E-state index contributed by atoms with van der Waals surface area (Å²) in [6.45, 7) is 7.02. The Kier molecular flexibility index (Phi) is 6.13. The lowest BCUT2D eigenvalue weighted by molar-refractivity contribution is -0.121. The Bertz CT molecular complexity index is 438. The molecule has 1 amide bonds. The van der Waals surface area contributed by atoms with E-state index < -0.39 is 0 Å². The maximum Gasteiger partial charge on any atom is 0.241 e. The minimum Gasteiger partial charge on any atom is -0.354 e. The Morgan fingerprint density at radius 3 is 2.90 bits per heavy atom. The van der Waals surface area contributed by atoms with Gasteiger partial charge in [-0.3, -0.25) is 4.79 Å². The molecule has 1 aromatic rings. The normalized spacial score (nSPS) is 17.0. The number of amides is 1. The Morgan fingerprint density at radius 1 is 1.48 bits per heavy atom. The van der Waals surface area contributed by atoms with E-state index in [1.54, 1.807) is 6.20 Å². The number of carbonyl (C=O) groups is 1. The number of hydrogen-bond donors (Lipinski definition) is 2. The molecule has 0 radical (unpaired) electrons. The molecule has 0 saturated carbocycles. The van der Waals surface area contributed by atoms with E-state index in [9.17, 15) is 4.79 Å². The van der Waals surface area contributed by atoms with Crippen LogP contribution in [0.25, 0.3) is 0 Å². The van der Waals surface area contributed by atoms with Crippen molar-refractivity contribution in [3.63, 3.8) is 0 Å². The fraction of sp³-hybridized carbons (Fsp3) is 0.786. The summed E-state index contributed by atoms with van der Waals surface area (Å²) in [5.41, 5.74) is 6.15. The van der Waals surface area contributed by atoms with E-state index >= 15 is 0 Å². The molecule has 3 N–H and O–H groups in total. The van der Waals surface area contributed by atoms with Gasteiger partial charge in [0.2, 0.25) is 5.91 Å². The smallest absolute Gasteiger partial charge is 0.241 e. The second kappa shape index (κ2) is 8.09. The highest BCUT2D eigenvalue weighted by molar-refractivity contribution is 5.75. The maximum absolute atomic E-state index is 11.8. The van der Waals surface area contributed by atoms with Crippen LogP contribution in [0.15, 0.2) is 6.20 Å². The third-order valence-corrected chi connectivity index (χ3v) is 3.95. The first-order valence-electron chi connectivity index (χ1n) is 7.75. The van der Waals surface area contributed by atoms with Crippen molar-refractivity contribution in [2.45, 2.75) is 39.3 Å². The largest absolute Gasteiger partial charge is 0.354 e. The zero-order chi connectivity index (χ0) is 15.1. The highest BCUT2D eigenvalue weighted by Crippen LogP contribution is 2.15. The Hall–Kier alpha value is -1.47.